The Bertz CT molecular complexity index is 685. The van der Waals surface area contributed by atoms with Gasteiger partial charge in [-0.3, -0.25) is 19.8 Å². The zero-order valence-corrected chi connectivity index (χ0v) is 12.3. The minimum atomic E-state index is -0.685. The molecule has 1 aliphatic rings. The van der Waals surface area contributed by atoms with Gasteiger partial charge in [-0.15, -0.1) is 6.58 Å². The number of nitro benzene ring substituents is 1. The molecule has 108 valence electrons. The van der Waals surface area contributed by atoms with E-state index >= 15 is 0 Å². The first-order chi connectivity index (χ1) is 9.95. The molecule has 1 amide bonds. The van der Waals surface area contributed by atoms with E-state index in [-0.39, 0.29) is 11.5 Å². The summed E-state index contributed by atoms with van der Waals surface area (Å²) in [5, 5.41) is 20.6. The van der Waals surface area contributed by atoms with E-state index in [1.54, 1.807) is 6.08 Å². The predicted octanol–water partition coefficient (Wildman–Crippen LogP) is 2.69. The van der Waals surface area contributed by atoms with Crippen LogP contribution in [0.1, 0.15) is 5.56 Å². The number of thiocarbonyl (C=S) groups is 1. The molecule has 0 saturated carbocycles. The smallest absolute Gasteiger partial charge is 0.311 e. The number of amides is 1. The van der Waals surface area contributed by atoms with Crippen LogP contribution in [-0.2, 0) is 4.79 Å². The van der Waals surface area contributed by atoms with Gasteiger partial charge in [0, 0.05) is 18.2 Å². The van der Waals surface area contributed by atoms with Crippen molar-refractivity contribution in [3.05, 3.63) is 51.4 Å². The summed E-state index contributed by atoms with van der Waals surface area (Å²) >= 11 is 6.16. The standard InChI is InChI=1S/C13H10N2O4S2/c1-2-6-14-12(17)10(21-13(14)20)7-8-4-3-5-9(11(8)16)15(18)19/h2-5,7,16H,1,6H2. The summed E-state index contributed by atoms with van der Waals surface area (Å²) < 4.78 is 0.385. The summed E-state index contributed by atoms with van der Waals surface area (Å²) in [5.74, 6) is -0.785. The summed E-state index contributed by atoms with van der Waals surface area (Å²) in [4.78, 5) is 23.9. The molecule has 0 bridgehead atoms. The molecule has 8 heteroatoms. The zero-order valence-electron chi connectivity index (χ0n) is 10.7. The molecule has 1 aromatic carbocycles. The maximum absolute atomic E-state index is 12.1. The molecule has 0 aliphatic carbocycles. The Morgan fingerprint density at radius 3 is 2.86 bits per heavy atom. The highest BCUT2D eigenvalue weighted by atomic mass is 32.2. The lowest BCUT2D eigenvalue weighted by Gasteiger charge is -2.10. The minimum absolute atomic E-state index is 0.198. The summed E-state index contributed by atoms with van der Waals surface area (Å²) in [6.07, 6.45) is 2.95. The van der Waals surface area contributed by atoms with Crippen molar-refractivity contribution >= 4 is 46.0 Å². The van der Waals surface area contributed by atoms with Gasteiger partial charge in [0.15, 0.2) is 0 Å². The zero-order chi connectivity index (χ0) is 15.6. The fourth-order valence-corrected chi connectivity index (χ4v) is 3.01. The van der Waals surface area contributed by atoms with Gasteiger partial charge in [0.05, 0.1) is 9.83 Å². The Hall–Kier alpha value is -2.19. The van der Waals surface area contributed by atoms with Crippen LogP contribution in [0.15, 0.2) is 35.8 Å². The number of phenolic OH excluding ortho intramolecular Hbond substituents is 1. The number of para-hydroxylation sites is 1. The fourth-order valence-electron chi connectivity index (χ4n) is 1.74. The number of carbonyl (C=O) groups is 1. The van der Waals surface area contributed by atoms with Crippen molar-refractivity contribution in [2.75, 3.05) is 6.54 Å². The van der Waals surface area contributed by atoms with Crippen LogP contribution in [0.3, 0.4) is 0 Å². The van der Waals surface area contributed by atoms with Crippen LogP contribution in [0.25, 0.3) is 6.08 Å². The first-order valence-corrected chi connectivity index (χ1v) is 7.00. The number of rotatable bonds is 4. The highest BCUT2D eigenvalue weighted by Crippen LogP contribution is 2.36. The number of phenols is 1. The molecule has 1 N–H and O–H groups in total. The largest absolute Gasteiger partial charge is 0.502 e. The predicted molar refractivity (Wildman–Crippen MR) is 84.8 cm³/mol. The van der Waals surface area contributed by atoms with E-state index in [2.05, 4.69) is 6.58 Å². The topological polar surface area (TPSA) is 83.7 Å². The summed E-state index contributed by atoms with van der Waals surface area (Å²) in [6.45, 7) is 3.84. The second-order valence-electron chi connectivity index (χ2n) is 4.05. The van der Waals surface area contributed by atoms with Crippen molar-refractivity contribution in [3.63, 3.8) is 0 Å². The molecule has 1 aromatic rings. The van der Waals surface area contributed by atoms with Crippen LogP contribution < -0.4 is 0 Å². The maximum Gasteiger partial charge on any atom is 0.311 e. The molecule has 1 saturated heterocycles. The normalized spacial score (nSPS) is 16.6. The van der Waals surface area contributed by atoms with E-state index in [1.165, 1.54) is 29.2 Å². The van der Waals surface area contributed by atoms with Gasteiger partial charge in [-0.05, 0) is 6.08 Å². The van der Waals surface area contributed by atoms with Crippen LogP contribution in [0, 0.1) is 10.1 Å². The highest BCUT2D eigenvalue weighted by molar-refractivity contribution is 8.26. The second kappa shape index (κ2) is 6.06. The fraction of sp³-hybridized carbons (Fsp3) is 0.0769. The number of thioether (sulfide) groups is 1. The Labute approximate surface area is 129 Å². The van der Waals surface area contributed by atoms with E-state index in [9.17, 15) is 20.0 Å². The molecule has 0 atom stereocenters. The van der Waals surface area contributed by atoms with E-state index in [4.69, 9.17) is 12.2 Å². The molecule has 0 unspecified atom stereocenters. The molecule has 1 heterocycles. The molecule has 6 nitrogen and oxygen atoms in total. The van der Waals surface area contributed by atoms with Gasteiger partial charge >= 0.3 is 5.69 Å². The Morgan fingerprint density at radius 2 is 2.24 bits per heavy atom. The third kappa shape index (κ3) is 2.96. The molecule has 21 heavy (non-hydrogen) atoms. The number of hydrogen-bond donors (Lipinski definition) is 1. The molecular formula is C13H10N2O4S2. The SMILES string of the molecule is C=CCN1C(=O)C(=Cc2cccc([N+](=O)[O-])c2O)SC1=S. The van der Waals surface area contributed by atoms with E-state index in [0.29, 0.717) is 15.8 Å². The Kier molecular flexibility index (Phi) is 4.39. The van der Waals surface area contributed by atoms with Crippen LogP contribution in [0.4, 0.5) is 5.69 Å². The lowest BCUT2D eigenvalue weighted by molar-refractivity contribution is -0.385. The number of benzene rings is 1. The number of nitro groups is 1. The van der Waals surface area contributed by atoms with Crippen molar-refractivity contribution in [1.29, 1.82) is 0 Å². The van der Waals surface area contributed by atoms with Crippen molar-refractivity contribution in [1.82, 2.24) is 4.90 Å². The molecule has 1 aliphatic heterocycles. The van der Waals surface area contributed by atoms with Gasteiger partial charge in [-0.2, -0.15) is 0 Å². The Balaban J connectivity index is 2.39. The van der Waals surface area contributed by atoms with Crippen LogP contribution in [0.5, 0.6) is 5.75 Å². The maximum atomic E-state index is 12.1. The van der Waals surface area contributed by atoms with Gasteiger partial charge in [0.25, 0.3) is 5.91 Å². The lowest BCUT2D eigenvalue weighted by atomic mass is 10.1. The van der Waals surface area contributed by atoms with E-state index < -0.39 is 16.4 Å². The molecule has 1 fully saturated rings. The van der Waals surface area contributed by atoms with E-state index in [1.807, 2.05) is 0 Å². The average Bonchev–Trinajstić information content (AvgIpc) is 2.69. The van der Waals surface area contributed by atoms with Crippen LogP contribution in [0.2, 0.25) is 0 Å². The highest BCUT2D eigenvalue weighted by Gasteiger charge is 2.31. The quantitative estimate of drug-likeness (QED) is 0.302. The van der Waals surface area contributed by atoms with Gasteiger partial charge in [-0.25, -0.2) is 0 Å². The molecule has 2 rings (SSSR count). The molecule has 0 aromatic heterocycles. The second-order valence-corrected chi connectivity index (χ2v) is 5.73. The number of carbonyl (C=O) groups excluding carboxylic acids is 1. The summed E-state index contributed by atoms with van der Waals surface area (Å²) in [5.41, 5.74) is -0.214. The van der Waals surface area contributed by atoms with Gasteiger partial charge in [0.1, 0.15) is 4.32 Å². The van der Waals surface area contributed by atoms with Crippen LogP contribution >= 0.6 is 24.0 Å². The third-order valence-electron chi connectivity index (χ3n) is 2.71. The molecule has 0 radical (unpaired) electrons. The van der Waals surface area contributed by atoms with Crippen LogP contribution in [-0.4, -0.2) is 31.7 Å². The van der Waals surface area contributed by atoms with E-state index in [0.717, 1.165) is 11.8 Å². The summed E-state index contributed by atoms with van der Waals surface area (Å²) in [7, 11) is 0. The third-order valence-corrected chi connectivity index (χ3v) is 4.09. The molecular weight excluding hydrogens is 312 g/mol. The number of aromatic hydroxyl groups is 1. The first-order valence-electron chi connectivity index (χ1n) is 5.78. The van der Waals surface area contributed by atoms with Crippen molar-refractivity contribution in [3.8, 4) is 5.75 Å². The minimum Gasteiger partial charge on any atom is -0.502 e. The summed E-state index contributed by atoms with van der Waals surface area (Å²) in [6, 6.07) is 4.12. The average molecular weight is 322 g/mol. The monoisotopic (exact) mass is 322 g/mol. The van der Waals surface area contributed by atoms with Crippen molar-refractivity contribution < 1.29 is 14.8 Å². The Morgan fingerprint density at radius 1 is 1.52 bits per heavy atom. The number of hydrogen-bond acceptors (Lipinski definition) is 6. The molecule has 0 spiro atoms. The first kappa shape index (κ1) is 15.2. The number of nitrogens with zero attached hydrogens (tertiary/aromatic N) is 2. The van der Waals surface area contributed by atoms with Gasteiger partial charge < -0.3 is 5.11 Å². The lowest BCUT2D eigenvalue weighted by Crippen LogP contribution is -2.27. The van der Waals surface area contributed by atoms with Gasteiger partial charge in [-0.1, -0.05) is 42.2 Å². The van der Waals surface area contributed by atoms with Gasteiger partial charge in [0.2, 0.25) is 5.75 Å². The van der Waals surface area contributed by atoms with Crippen molar-refractivity contribution in [2.45, 2.75) is 0 Å². The van der Waals surface area contributed by atoms with Crippen molar-refractivity contribution in [2.24, 2.45) is 0 Å².